The molecule has 2 heterocycles. The quantitative estimate of drug-likeness (QED) is 0.426. The number of aliphatic imine (C=N–C) groups is 1. The number of carbonyl (C=O) groups is 2. The first kappa shape index (κ1) is 27.9. The Labute approximate surface area is 221 Å². The molecule has 9 heteroatoms. The molecule has 1 aliphatic rings. The normalized spacial score (nSPS) is 16.4. The number of methoxy groups -OCH3 is 1. The van der Waals surface area contributed by atoms with Gasteiger partial charge in [0.05, 0.1) is 17.6 Å². The van der Waals surface area contributed by atoms with Crippen LogP contribution in [0.1, 0.15) is 69.9 Å². The van der Waals surface area contributed by atoms with E-state index >= 15 is 0 Å². The van der Waals surface area contributed by atoms with Crippen molar-refractivity contribution in [1.29, 1.82) is 0 Å². The predicted octanol–water partition coefficient (Wildman–Crippen LogP) is 5.68. The van der Waals surface area contributed by atoms with Gasteiger partial charge >= 0.3 is 6.09 Å². The molecule has 0 saturated carbocycles. The lowest BCUT2D eigenvalue weighted by atomic mass is 9.98. The number of hydrogen-bond donors (Lipinski definition) is 2. The number of nitrogens with zero attached hydrogens (tertiary/aromatic N) is 2. The number of rotatable bonds is 7. The summed E-state index contributed by atoms with van der Waals surface area (Å²) in [6.07, 6.45) is 1.66. The number of aryl methyl sites for hydroxylation is 1. The third-order valence-corrected chi connectivity index (χ3v) is 6.46. The maximum Gasteiger partial charge on any atom is 0.407 e. The molecule has 1 atom stereocenters. The fourth-order valence-electron chi connectivity index (χ4n) is 4.38. The van der Waals surface area contributed by atoms with Crippen molar-refractivity contribution in [3.8, 4) is 0 Å². The van der Waals surface area contributed by atoms with E-state index in [1.807, 2.05) is 40.7 Å². The largest absolute Gasteiger partial charge is 0.444 e. The monoisotopic (exact) mass is 560 g/mol. The molecule has 0 fully saturated rings. The van der Waals surface area contributed by atoms with Crippen LogP contribution in [0.3, 0.4) is 0 Å². The van der Waals surface area contributed by atoms with Crippen molar-refractivity contribution in [1.82, 2.24) is 15.2 Å². The Bertz CT molecular complexity index is 1220. The molecule has 2 aromatic rings. The minimum Gasteiger partial charge on any atom is -0.444 e. The second-order valence-corrected chi connectivity index (χ2v) is 11.4. The second kappa shape index (κ2) is 11.2. The Morgan fingerprint density at radius 2 is 1.89 bits per heavy atom. The maximum atomic E-state index is 13.3. The van der Waals surface area contributed by atoms with Crippen LogP contribution in [0.25, 0.3) is 10.9 Å². The van der Waals surface area contributed by atoms with Crippen molar-refractivity contribution in [3.05, 3.63) is 45.1 Å². The molecular weight excluding hydrogens is 524 g/mol. The molecule has 2 N–H and O–H groups in total. The standard InChI is InChI=1S/C27H37BrN4O4/c1-15(2)32-14-17(4)23-20(10-18(28)11-22(23)32)24(33)29-13-21-16(3)9-19(31-25(21)35-8)12-30-26(34)36-27(5,6)7/h10-11,14-15,25H,9,12-13H2,1-8H3,(H,29,33)(H,30,34). The van der Waals surface area contributed by atoms with Crippen LogP contribution in [0, 0.1) is 6.92 Å². The molecule has 0 aliphatic carbocycles. The summed E-state index contributed by atoms with van der Waals surface area (Å²) in [5.74, 6) is -0.151. The Hall–Kier alpha value is -2.65. The van der Waals surface area contributed by atoms with Crippen molar-refractivity contribution < 1.29 is 19.1 Å². The van der Waals surface area contributed by atoms with E-state index in [4.69, 9.17) is 9.47 Å². The number of aromatic nitrogens is 1. The number of benzene rings is 1. The topological polar surface area (TPSA) is 94.0 Å². The average molecular weight is 562 g/mol. The smallest absolute Gasteiger partial charge is 0.407 e. The van der Waals surface area contributed by atoms with Gasteiger partial charge in [0.15, 0.2) is 6.23 Å². The van der Waals surface area contributed by atoms with E-state index in [0.717, 1.165) is 37.8 Å². The molecule has 8 nitrogen and oxygen atoms in total. The molecule has 0 radical (unpaired) electrons. The highest BCUT2D eigenvalue weighted by atomic mass is 79.9. The van der Waals surface area contributed by atoms with E-state index < -0.39 is 17.9 Å². The number of alkyl carbamates (subject to hydrolysis) is 1. The van der Waals surface area contributed by atoms with Crippen LogP contribution >= 0.6 is 15.9 Å². The van der Waals surface area contributed by atoms with Gasteiger partial charge in [0.25, 0.3) is 5.91 Å². The molecular formula is C27H37BrN4O4. The Balaban J connectivity index is 1.73. The number of amides is 2. The van der Waals surface area contributed by atoms with Gasteiger partial charge < -0.3 is 24.7 Å². The summed E-state index contributed by atoms with van der Waals surface area (Å²) in [5.41, 5.74) is 4.91. The van der Waals surface area contributed by atoms with E-state index in [1.54, 1.807) is 7.11 Å². The number of carbonyl (C=O) groups excluding carboxylic acids is 2. The lowest BCUT2D eigenvalue weighted by Crippen LogP contribution is -2.38. The molecule has 0 spiro atoms. The molecule has 1 unspecified atom stereocenters. The van der Waals surface area contributed by atoms with Gasteiger partial charge in [0.1, 0.15) is 5.60 Å². The summed E-state index contributed by atoms with van der Waals surface area (Å²) >= 11 is 3.57. The van der Waals surface area contributed by atoms with Gasteiger partial charge in [-0.3, -0.25) is 9.79 Å². The first-order chi connectivity index (χ1) is 16.8. The highest BCUT2D eigenvalue weighted by Crippen LogP contribution is 2.31. The van der Waals surface area contributed by atoms with Crippen LogP contribution in [-0.2, 0) is 9.47 Å². The number of allylic oxidation sites excluding steroid dienone is 1. The SMILES string of the molecule is COC1N=C(CNC(=O)OC(C)(C)C)CC(C)=C1CNC(=O)c1cc(Br)cc2c1c(C)cn2C(C)C. The number of ether oxygens (including phenoxy) is 2. The van der Waals surface area contributed by atoms with Gasteiger partial charge in [-0.05, 0) is 71.7 Å². The lowest BCUT2D eigenvalue weighted by Gasteiger charge is -2.26. The molecule has 1 aromatic carbocycles. The van der Waals surface area contributed by atoms with E-state index in [-0.39, 0.29) is 18.5 Å². The van der Waals surface area contributed by atoms with E-state index in [2.05, 4.69) is 62.2 Å². The molecule has 0 bridgehead atoms. The fraction of sp³-hybridized carbons (Fsp3) is 0.519. The van der Waals surface area contributed by atoms with Crippen LogP contribution in [0.15, 0.2) is 38.9 Å². The van der Waals surface area contributed by atoms with Gasteiger partial charge in [0, 0.05) is 47.9 Å². The molecule has 196 valence electrons. The van der Waals surface area contributed by atoms with Gasteiger partial charge in [-0.1, -0.05) is 21.5 Å². The Morgan fingerprint density at radius 3 is 2.50 bits per heavy atom. The third kappa shape index (κ3) is 6.56. The van der Waals surface area contributed by atoms with Crippen LogP contribution in [-0.4, -0.2) is 54.3 Å². The van der Waals surface area contributed by atoms with Gasteiger partial charge in [-0.2, -0.15) is 0 Å². The van der Waals surface area contributed by atoms with Crippen LogP contribution in [0.5, 0.6) is 0 Å². The van der Waals surface area contributed by atoms with Crippen LogP contribution in [0.2, 0.25) is 0 Å². The van der Waals surface area contributed by atoms with Gasteiger partial charge in [-0.25, -0.2) is 4.79 Å². The predicted molar refractivity (Wildman–Crippen MR) is 147 cm³/mol. The molecule has 2 amide bonds. The second-order valence-electron chi connectivity index (χ2n) is 10.5. The van der Waals surface area contributed by atoms with Gasteiger partial charge in [-0.15, -0.1) is 0 Å². The molecule has 3 rings (SSSR count). The summed E-state index contributed by atoms with van der Waals surface area (Å²) < 4.78 is 14.0. The Morgan fingerprint density at radius 1 is 1.19 bits per heavy atom. The van der Waals surface area contributed by atoms with Crippen molar-refractivity contribution in [2.75, 3.05) is 20.2 Å². The van der Waals surface area contributed by atoms with Crippen molar-refractivity contribution in [3.63, 3.8) is 0 Å². The van der Waals surface area contributed by atoms with Gasteiger partial charge in [0.2, 0.25) is 0 Å². The Kier molecular flexibility index (Phi) is 8.67. The number of dihydropyridines is 1. The number of hydrogen-bond acceptors (Lipinski definition) is 5. The molecule has 1 aromatic heterocycles. The summed E-state index contributed by atoms with van der Waals surface area (Å²) in [4.78, 5) is 30.0. The van der Waals surface area contributed by atoms with Crippen LogP contribution < -0.4 is 10.6 Å². The third-order valence-electron chi connectivity index (χ3n) is 6.00. The molecule has 0 saturated heterocycles. The first-order valence-corrected chi connectivity index (χ1v) is 12.9. The van der Waals surface area contributed by atoms with Crippen LogP contribution in [0.4, 0.5) is 4.79 Å². The van der Waals surface area contributed by atoms with E-state index in [9.17, 15) is 9.59 Å². The minimum atomic E-state index is -0.565. The molecule has 36 heavy (non-hydrogen) atoms. The zero-order valence-corrected chi connectivity index (χ0v) is 24.0. The van der Waals surface area contributed by atoms with Crippen molar-refractivity contribution >= 4 is 44.5 Å². The molecule has 1 aliphatic heterocycles. The van der Waals surface area contributed by atoms with Crippen molar-refractivity contribution in [2.24, 2.45) is 4.99 Å². The maximum absolute atomic E-state index is 13.3. The number of fused-ring (bicyclic) bond motifs is 1. The highest BCUT2D eigenvalue weighted by molar-refractivity contribution is 9.10. The zero-order chi connectivity index (χ0) is 26.8. The van der Waals surface area contributed by atoms with Crippen molar-refractivity contribution in [2.45, 2.75) is 72.8 Å². The average Bonchev–Trinajstić information content (AvgIpc) is 3.11. The number of nitrogens with one attached hydrogen (secondary N) is 2. The summed E-state index contributed by atoms with van der Waals surface area (Å²) in [6, 6.07) is 4.19. The highest BCUT2D eigenvalue weighted by Gasteiger charge is 2.25. The summed E-state index contributed by atoms with van der Waals surface area (Å²) in [7, 11) is 1.59. The minimum absolute atomic E-state index is 0.151. The fourth-order valence-corrected chi connectivity index (χ4v) is 4.83. The zero-order valence-electron chi connectivity index (χ0n) is 22.4. The first-order valence-electron chi connectivity index (χ1n) is 12.1. The number of halogens is 1. The lowest BCUT2D eigenvalue weighted by molar-refractivity contribution is 0.0535. The van der Waals surface area contributed by atoms with E-state index in [1.165, 1.54) is 0 Å². The summed E-state index contributed by atoms with van der Waals surface area (Å²) in [6.45, 7) is 14.3. The summed E-state index contributed by atoms with van der Waals surface area (Å²) in [5, 5.41) is 6.78. The van der Waals surface area contributed by atoms with E-state index in [0.29, 0.717) is 18.5 Å².